The summed E-state index contributed by atoms with van der Waals surface area (Å²) in [6.07, 6.45) is 3.67. The van der Waals surface area contributed by atoms with Crippen LogP contribution in [-0.2, 0) is 14.8 Å². The van der Waals surface area contributed by atoms with Gasteiger partial charge in [0.05, 0.1) is 10.6 Å². The monoisotopic (exact) mass is 418 g/mol. The molecule has 0 aliphatic heterocycles. The van der Waals surface area contributed by atoms with Crippen molar-refractivity contribution in [2.45, 2.75) is 31.6 Å². The lowest BCUT2D eigenvalue weighted by molar-refractivity contribution is -0.387. The number of anilines is 1. The van der Waals surface area contributed by atoms with Gasteiger partial charge in [0.2, 0.25) is 0 Å². The lowest BCUT2D eigenvalue weighted by Gasteiger charge is -2.26. The molecule has 0 saturated carbocycles. The van der Waals surface area contributed by atoms with Crippen LogP contribution in [0.2, 0.25) is 0 Å². The Balaban J connectivity index is 2.77. The number of carboxylic acids is 1. The third-order valence-corrected chi connectivity index (χ3v) is 6.14. The molecule has 0 bridgehead atoms. The van der Waals surface area contributed by atoms with Crippen molar-refractivity contribution in [1.29, 1.82) is 0 Å². The van der Waals surface area contributed by atoms with E-state index in [4.69, 9.17) is 0 Å². The first kappa shape index (κ1) is 22.1. The Kier molecular flexibility index (Phi) is 6.76. The van der Waals surface area contributed by atoms with Gasteiger partial charge >= 0.3 is 5.97 Å². The van der Waals surface area contributed by atoms with Crippen molar-refractivity contribution < 1.29 is 23.2 Å². The van der Waals surface area contributed by atoms with Crippen molar-refractivity contribution in [3.8, 4) is 0 Å². The molecular weight excluding hydrogens is 396 g/mol. The van der Waals surface area contributed by atoms with Crippen LogP contribution in [0, 0.1) is 17.0 Å². The predicted octanol–water partition coefficient (Wildman–Crippen LogP) is 3.86. The minimum absolute atomic E-state index is 0.168. The number of hydrogen-bond acceptors (Lipinski definition) is 5. The fourth-order valence-corrected chi connectivity index (χ4v) is 4.63. The average molecular weight is 418 g/mol. The van der Waals surface area contributed by atoms with Gasteiger partial charge in [-0.25, -0.2) is 8.42 Å². The van der Waals surface area contributed by atoms with Crippen LogP contribution in [-0.4, -0.2) is 31.0 Å². The van der Waals surface area contributed by atoms with Gasteiger partial charge in [0.15, 0.2) is 4.90 Å². The van der Waals surface area contributed by atoms with Gasteiger partial charge in [-0.05, 0) is 31.5 Å². The molecule has 0 heterocycles. The standard InChI is InChI=1S/C20H22N2O6S/c1-4-7-15(3)16-12-14(2)10-11-17(16)21(13-20(23)24)29(27,28)19-9-6-5-8-18(19)22(25)26/h4-12,15H,13H2,1-3H3,(H,23,24)/b7-4+. The zero-order valence-electron chi connectivity index (χ0n) is 16.3. The Bertz CT molecular complexity index is 1060. The molecule has 2 rings (SSSR count). The summed E-state index contributed by atoms with van der Waals surface area (Å²) >= 11 is 0. The maximum atomic E-state index is 13.4. The van der Waals surface area contributed by atoms with E-state index >= 15 is 0 Å². The van der Waals surface area contributed by atoms with Gasteiger partial charge in [-0.1, -0.05) is 48.9 Å². The van der Waals surface area contributed by atoms with Gasteiger partial charge in [-0.15, -0.1) is 0 Å². The molecule has 1 N–H and O–H groups in total. The molecule has 0 radical (unpaired) electrons. The van der Waals surface area contributed by atoms with E-state index in [0.717, 1.165) is 17.7 Å². The summed E-state index contributed by atoms with van der Waals surface area (Å²) in [6, 6.07) is 9.87. The highest BCUT2D eigenvalue weighted by molar-refractivity contribution is 7.93. The first-order chi connectivity index (χ1) is 13.6. The molecule has 9 heteroatoms. The first-order valence-electron chi connectivity index (χ1n) is 8.81. The highest BCUT2D eigenvalue weighted by Gasteiger charge is 2.34. The van der Waals surface area contributed by atoms with Crippen LogP contribution >= 0.6 is 0 Å². The normalized spacial score (nSPS) is 12.7. The van der Waals surface area contributed by atoms with E-state index in [1.54, 1.807) is 12.1 Å². The number of rotatable bonds is 8. The van der Waals surface area contributed by atoms with Crippen LogP contribution in [0.15, 0.2) is 59.5 Å². The van der Waals surface area contributed by atoms with Gasteiger partial charge in [0.1, 0.15) is 6.54 Å². The van der Waals surface area contributed by atoms with Gasteiger partial charge in [0.25, 0.3) is 15.7 Å². The van der Waals surface area contributed by atoms with Crippen LogP contribution in [0.25, 0.3) is 0 Å². The molecule has 1 atom stereocenters. The molecule has 0 saturated heterocycles. The van der Waals surface area contributed by atoms with E-state index in [1.165, 1.54) is 18.2 Å². The van der Waals surface area contributed by atoms with Crippen LogP contribution < -0.4 is 4.31 Å². The van der Waals surface area contributed by atoms with Crippen molar-refractivity contribution in [1.82, 2.24) is 0 Å². The molecule has 0 spiro atoms. The molecular formula is C20H22N2O6S. The highest BCUT2D eigenvalue weighted by atomic mass is 32.2. The molecule has 0 fully saturated rings. The number of carboxylic acid groups (broad SMARTS) is 1. The fourth-order valence-electron chi connectivity index (χ4n) is 3.03. The topological polar surface area (TPSA) is 118 Å². The molecule has 29 heavy (non-hydrogen) atoms. The molecule has 8 nitrogen and oxygen atoms in total. The van der Waals surface area contributed by atoms with Gasteiger partial charge in [-0.3, -0.25) is 19.2 Å². The third kappa shape index (κ3) is 4.80. The number of para-hydroxylation sites is 1. The molecule has 2 aromatic rings. The van der Waals surface area contributed by atoms with Crippen LogP contribution in [0.1, 0.15) is 30.9 Å². The van der Waals surface area contributed by atoms with Crippen molar-refractivity contribution in [3.05, 3.63) is 75.9 Å². The van der Waals surface area contributed by atoms with Crippen LogP contribution in [0.4, 0.5) is 11.4 Å². The summed E-state index contributed by atoms with van der Waals surface area (Å²) in [4.78, 5) is 21.5. The Labute approximate surface area is 169 Å². The maximum absolute atomic E-state index is 13.4. The van der Waals surface area contributed by atoms with Gasteiger partial charge in [0, 0.05) is 12.0 Å². The van der Waals surface area contributed by atoms with E-state index < -0.39 is 38.0 Å². The smallest absolute Gasteiger partial charge is 0.324 e. The number of nitro benzene ring substituents is 1. The second-order valence-electron chi connectivity index (χ2n) is 6.51. The highest BCUT2D eigenvalue weighted by Crippen LogP contribution is 2.35. The average Bonchev–Trinajstić information content (AvgIpc) is 2.66. The number of aliphatic carboxylic acids is 1. The second-order valence-corrected chi connectivity index (χ2v) is 8.34. The van der Waals surface area contributed by atoms with Crippen molar-refractivity contribution in [2.24, 2.45) is 0 Å². The van der Waals surface area contributed by atoms with Gasteiger partial charge in [-0.2, -0.15) is 0 Å². The SMILES string of the molecule is C/C=C/C(C)c1cc(C)ccc1N(CC(=O)O)S(=O)(=O)c1ccccc1[N+](=O)[O-]. The number of nitro groups is 1. The zero-order valence-corrected chi connectivity index (χ0v) is 17.1. The quantitative estimate of drug-likeness (QED) is 0.395. The van der Waals surface area contributed by atoms with Crippen molar-refractivity contribution >= 4 is 27.4 Å². The van der Waals surface area contributed by atoms with E-state index in [9.17, 15) is 28.4 Å². The number of aryl methyl sites for hydroxylation is 1. The Morgan fingerprint density at radius 2 is 1.93 bits per heavy atom. The van der Waals surface area contributed by atoms with E-state index in [2.05, 4.69) is 0 Å². The maximum Gasteiger partial charge on any atom is 0.324 e. The Hall–Kier alpha value is -3.20. The lowest BCUT2D eigenvalue weighted by Crippen LogP contribution is -2.36. The van der Waals surface area contributed by atoms with Crippen LogP contribution in [0.5, 0.6) is 0 Å². The largest absolute Gasteiger partial charge is 0.480 e. The van der Waals surface area contributed by atoms with Crippen molar-refractivity contribution in [3.63, 3.8) is 0 Å². The first-order valence-corrected chi connectivity index (χ1v) is 10.2. The lowest BCUT2D eigenvalue weighted by atomic mass is 9.96. The second kappa shape index (κ2) is 8.87. The number of sulfonamides is 1. The fraction of sp³-hybridized carbons (Fsp3) is 0.250. The summed E-state index contributed by atoms with van der Waals surface area (Å²) in [5.41, 5.74) is 1.03. The molecule has 1 unspecified atom stereocenters. The predicted molar refractivity (Wildman–Crippen MR) is 110 cm³/mol. The summed E-state index contributed by atoms with van der Waals surface area (Å²) < 4.78 is 27.4. The van der Waals surface area contributed by atoms with E-state index in [-0.39, 0.29) is 11.6 Å². The molecule has 0 amide bonds. The van der Waals surface area contributed by atoms with Gasteiger partial charge < -0.3 is 5.11 Å². The number of allylic oxidation sites excluding steroid dienone is 2. The Morgan fingerprint density at radius 1 is 1.28 bits per heavy atom. The summed E-state index contributed by atoms with van der Waals surface area (Å²) in [5.74, 6) is -1.58. The van der Waals surface area contributed by atoms with E-state index in [0.29, 0.717) is 9.87 Å². The number of benzene rings is 2. The summed E-state index contributed by atoms with van der Waals surface area (Å²) in [7, 11) is -4.52. The number of hydrogen-bond donors (Lipinski definition) is 1. The number of carbonyl (C=O) groups is 1. The third-order valence-electron chi connectivity index (χ3n) is 4.33. The van der Waals surface area contributed by atoms with Crippen LogP contribution in [0.3, 0.4) is 0 Å². The van der Waals surface area contributed by atoms with Crippen molar-refractivity contribution in [2.75, 3.05) is 10.8 Å². The minimum atomic E-state index is -4.52. The number of nitrogens with zero attached hydrogens (tertiary/aromatic N) is 2. The zero-order chi connectivity index (χ0) is 21.8. The minimum Gasteiger partial charge on any atom is -0.480 e. The summed E-state index contributed by atoms with van der Waals surface area (Å²) in [5, 5.41) is 20.7. The molecule has 0 aromatic heterocycles. The molecule has 0 aliphatic rings. The van der Waals surface area contributed by atoms with E-state index in [1.807, 2.05) is 32.9 Å². The Morgan fingerprint density at radius 3 is 2.52 bits per heavy atom. The summed E-state index contributed by atoms with van der Waals surface area (Å²) in [6.45, 7) is 4.65. The molecule has 154 valence electrons. The molecule has 2 aromatic carbocycles. The molecule has 0 aliphatic carbocycles.